The Hall–Kier alpha value is -2.67. The molecular weight excluding hydrogens is 365 g/mol. The Balaban J connectivity index is 1.47. The maximum atomic E-state index is 13.9. The number of rotatable bonds is 5. The Labute approximate surface area is 160 Å². The zero-order chi connectivity index (χ0) is 18.8. The summed E-state index contributed by atoms with van der Waals surface area (Å²) in [6.45, 7) is 1.08. The van der Waals surface area contributed by atoms with Crippen molar-refractivity contribution in [3.05, 3.63) is 65.7 Å². The summed E-state index contributed by atoms with van der Waals surface area (Å²) in [5.41, 5.74) is 1.35. The fraction of sp³-hybridized carbons (Fsp3) is 0.250. The van der Waals surface area contributed by atoms with E-state index in [2.05, 4.69) is 22.3 Å². The lowest BCUT2D eigenvalue weighted by atomic mass is 10.1. The summed E-state index contributed by atoms with van der Waals surface area (Å²) in [5, 5.41) is 3.98. The van der Waals surface area contributed by atoms with E-state index in [4.69, 9.17) is 4.52 Å². The van der Waals surface area contributed by atoms with Gasteiger partial charge < -0.3 is 9.42 Å². The largest absolute Gasteiger partial charge is 0.338 e. The monoisotopic (exact) mass is 383 g/mol. The molecule has 1 unspecified atom stereocenters. The molecular formula is C20H18FN3O2S. The second kappa shape index (κ2) is 7.52. The van der Waals surface area contributed by atoms with Crippen LogP contribution in [0.4, 0.5) is 4.39 Å². The molecule has 2 aromatic carbocycles. The van der Waals surface area contributed by atoms with Gasteiger partial charge in [-0.2, -0.15) is 4.98 Å². The van der Waals surface area contributed by atoms with Crippen LogP contribution >= 0.6 is 11.8 Å². The van der Waals surface area contributed by atoms with Gasteiger partial charge in [0, 0.05) is 30.3 Å². The first-order valence-corrected chi connectivity index (χ1v) is 9.85. The summed E-state index contributed by atoms with van der Waals surface area (Å²) in [5.74, 6) is 0.0902. The molecule has 0 N–H and O–H groups in total. The normalized spacial score (nSPS) is 16.9. The molecule has 1 aromatic heterocycles. The van der Waals surface area contributed by atoms with E-state index in [0.29, 0.717) is 25.3 Å². The van der Waals surface area contributed by atoms with Gasteiger partial charge >= 0.3 is 0 Å². The van der Waals surface area contributed by atoms with Gasteiger partial charge in [0.05, 0.1) is 5.56 Å². The van der Waals surface area contributed by atoms with Crippen LogP contribution in [0, 0.1) is 5.82 Å². The van der Waals surface area contributed by atoms with E-state index in [0.717, 1.165) is 5.56 Å². The Bertz CT molecular complexity index is 958. The second-order valence-corrected chi connectivity index (χ2v) is 7.34. The molecule has 0 spiro atoms. The van der Waals surface area contributed by atoms with Crippen LogP contribution in [0.1, 0.15) is 23.7 Å². The van der Waals surface area contributed by atoms with E-state index in [9.17, 15) is 9.18 Å². The molecule has 1 saturated heterocycles. The van der Waals surface area contributed by atoms with Crippen LogP contribution in [0.25, 0.3) is 11.5 Å². The van der Waals surface area contributed by atoms with Crippen molar-refractivity contribution in [1.82, 2.24) is 15.0 Å². The number of carbonyl (C=O) groups excluding carboxylic acids is 1. The molecule has 3 aromatic rings. The summed E-state index contributed by atoms with van der Waals surface area (Å²) in [6.07, 6.45) is 2.36. The van der Waals surface area contributed by atoms with E-state index < -0.39 is 5.82 Å². The van der Waals surface area contributed by atoms with Crippen molar-refractivity contribution < 1.29 is 13.7 Å². The number of hydrogen-bond acceptors (Lipinski definition) is 5. The zero-order valence-electron chi connectivity index (χ0n) is 14.8. The van der Waals surface area contributed by atoms with Crippen molar-refractivity contribution in [2.75, 3.05) is 12.8 Å². The van der Waals surface area contributed by atoms with Crippen molar-refractivity contribution in [2.24, 2.45) is 0 Å². The number of thioether (sulfide) groups is 1. The second-order valence-electron chi connectivity index (χ2n) is 6.46. The minimum Gasteiger partial charge on any atom is -0.338 e. The zero-order valence-corrected chi connectivity index (χ0v) is 15.6. The van der Waals surface area contributed by atoms with E-state index in [1.54, 1.807) is 34.9 Å². The first kappa shape index (κ1) is 17.7. The summed E-state index contributed by atoms with van der Waals surface area (Å²) in [4.78, 5) is 19.7. The number of halogens is 1. The minimum atomic E-state index is -0.412. The third-order valence-electron chi connectivity index (χ3n) is 4.66. The van der Waals surface area contributed by atoms with E-state index in [1.165, 1.54) is 11.0 Å². The van der Waals surface area contributed by atoms with Crippen molar-refractivity contribution in [3.63, 3.8) is 0 Å². The third-order valence-corrected chi connectivity index (χ3v) is 5.40. The number of carbonyl (C=O) groups is 1. The number of aromatic nitrogens is 2. The molecule has 1 aliphatic rings. The Morgan fingerprint density at radius 3 is 2.74 bits per heavy atom. The first-order valence-electron chi connectivity index (χ1n) is 8.63. The summed E-state index contributed by atoms with van der Waals surface area (Å²) >= 11 is 1.69. The summed E-state index contributed by atoms with van der Waals surface area (Å²) < 4.78 is 19.1. The molecule has 0 aliphatic carbocycles. The lowest BCUT2D eigenvalue weighted by Gasteiger charge is -2.16. The predicted octanol–water partition coefficient (Wildman–Crippen LogP) is 4.11. The third kappa shape index (κ3) is 3.73. The Morgan fingerprint density at radius 1 is 1.22 bits per heavy atom. The van der Waals surface area contributed by atoms with Gasteiger partial charge in [-0.25, -0.2) is 4.39 Å². The molecule has 138 valence electrons. The van der Waals surface area contributed by atoms with Crippen LogP contribution < -0.4 is 0 Å². The smallest absolute Gasteiger partial charge is 0.260 e. The SMILES string of the molecule is CSc1ccc(CN2CC(c3noc(-c4ccccc4F)n3)CC2=O)cc1. The van der Waals surface area contributed by atoms with Gasteiger partial charge in [-0.15, -0.1) is 11.8 Å². The minimum absolute atomic E-state index is 0.0613. The van der Waals surface area contributed by atoms with Crippen molar-refractivity contribution in [2.45, 2.75) is 23.8 Å². The molecule has 4 rings (SSSR count). The molecule has 0 bridgehead atoms. The van der Waals surface area contributed by atoms with Gasteiger partial charge in [-0.05, 0) is 36.1 Å². The van der Waals surface area contributed by atoms with Crippen LogP contribution in [-0.2, 0) is 11.3 Å². The van der Waals surface area contributed by atoms with Crippen LogP contribution in [0.2, 0.25) is 0 Å². The summed E-state index contributed by atoms with van der Waals surface area (Å²) in [6, 6.07) is 14.4. The average Bonchev–Trinajstić information content (AvgIpc) is 3.30. The molecule has 1 atom stereocenters. The predicted molar refractivity (Wildman–Crippen MR) is 101 cm³/mol. The molecule has 0 radical (unpaired) electrons. The van der Waals surface area contributed by atoms with Crippen molar-refractivity contribution in [3.8, 4) is 11.5 Å². The molecule has 1 fully saturated rings. The molecule has 1 aliphatic heterocycles. The number of benzene rings is 2. The highest BCUT2D eigenvalue weighted by atomic mass is 32.2. The van der Waals surface area contributed by atoms with Gasteiger partial charge in [0.2, 0.25) is 5.91 Å². The van der Waals surface area contributed by atoms with Gasteiger partial charge in [0.25, 0.3) is 5.89 Å². The van der Waals surface area contributed by atoms with Gasteiger partial charge in [0.15, 0.2) is 5.82 Å². The highest BCUT2D eigenvalue weighted by molar-refractivity contribution is 7.98. The van der Waals surface area contributed by atoms with Crippen molar-refractivity contribution >= 4 is 17.7 Å². The van der Waals surface area contributed by atoms with Crippen LogP contribution in [-0.4, -0.2) is 33.7 Å². The lowest BCUT2D eigenvalue weighted by Crippen LogP contribution is -2.24. The van der Waals surface area contributed by atoms with Gasteiger partial charge in [-0.3, -0.25) is 4.79 Å². The molecule has 7 heteroatoms. The maximum absolute atomic E-state index is 13.9. The number of nitrogens with zero attached hydrogens (tertiary/aromatic N) is 3. The number of amides is 1. The average molecular weight is 383 g/mol. The van der Waals surface area contributed by atoms with E-state index >= 15 is 0 Å². The fourth-order valence-electron chi connectivity index (χ4n) is 3.19. The molecule has 0 saturated carbocycles. The number of hydrogen-bond donors (Lipinski definition) is 0. The fourth-order valence-corrected chi connectivity index (χ4v) is 3.60. The van der Waals surface area contributed by atoms with Crippen molar-refractivity contribution in [1.29, 1.82) is 0 Å². The van der Waals surface area contributed by atoms with Crippen LogP contribution in [0.15, 0.2) is 57.9 Å². The standard InChI is InChI=1S/C20H18FN3O2S/c1-27-15-8-6-13(7-9-15)11-24-12-14(10-18(24)25)19-22-20(26-23-19)16-4-2-3-5-17(16)21/h2-9,14H,10-12H2,1H3. The molecule has 27 heavy (non-hydrogen) atoms. The van der Waals surface area contributed by atoms with Crippen LogP contribution in [0.5, 0.6) is 0 Å². The molecule has 1 amide bonds. The lowest BCUT2D eigenvalue weighted by molar-refractivity contribution is -0.128. The topological polar surface area (TPSA) is 59.2 Å². The molecule has 5 nitrogen and oxygen atoms in total. The van der Waals surface area contributed by atoms with E-state index in [-0.39, 0.29) is 23.3 Å². The highest BCUT2D eigenvalue weighted by Gasteiger charge is 2.33. The Kier molecular flexibility index (Phi) is 4.94. The number of likely N-dealkylation sites (tertiary alicyclic amines) is 1. The van der Waals surface area contributed by atoms with Gasteiger partial charge in [0.1, 0.15) is 5.82 Å². The summed E-state index contributed by atoms with van der Waals surface area (Å²) in [7, 11) is 0. The maximum Gasteiger partial charge on any atom is 0.260 e. The van der Waals surface area contributed by atoms with Gasteiger partial charge in [-0.1, -0.05) is 29.4 Å². The molecule has 2 heterocycles. The van der Waals surface area contributed by atoms with E-state index in [1.807, 2.05) is 18.4 Å². The highest BCUT2D eigenvalue weighted by Crippen LogP contribution is 2.30. The first-order chi connectivity index (χ1) is 13.1. The Morgan fingerprint density at radius 2 is 2.00 bits per heavy atom. The van der Waals surface area contributed by atoms with Crippen LogP contribution in [0.3, 0.4) is 0 Å². The quantitative estimate of drug-likeness (QED) is 0.621.